The van der Waals surface area contributed by atoms with E-state index in [9.17, 15) is 0 Å². The molecule has 176 valence electrons. The van der Waals surface area contributed by atoms with E-state index in [4.69, 9.17) is 14.0 Å². The molecule has 2 heterocycles. The van der Waals surface area contributed by atoms with Crippen molar-refractivity contribution in [3.8, 4) is 11.5 Å². The lowest BCUT2D eigenvalue weighted by Crippen LogP contribution is -2.46. The highest BCUT2D eigenvalue weighted by Gasteiger charge is 2.19. The number of hydrogen-bond acceptors (Lipinski definition) is 7. The Morgan fingerprint density at radius 2 is 1.79 bits per heavy atom. The van der Waals surface area contributed by atoms with Crippen molar-refractivity contribution in [1.29, 1.82) is 0 Å². The van der Waals surface area contributed by atoms with E-state index in [1.165, 1.54) is 11.3 Å². The van der Waals surface area contributed by atoms with Gasteiger partial charge in [0.1, 0.15) is 11.5 Å². The van der Waals surface area contributed by atoms with E-state index in [1.807, 2.05) is 37.3 Å². The van der Waals surface area contributed by atoms with Crippen molar-refractivity contribution in [2.75, 3.05) is 56.7 Å². The van der Waals surface area contributed by atoms with E-state index >= 15 is 0 Å². The first-order valence-corrected chi connectivity index (χ1v) is 11.7. The smallest absolute Gasteiger partial charge is 0.225 e. The number of hydrogen-bond donors (Lipinski definition) is 1. The van der Waals surface area contributed by atoms with Crippen LogP contribution in [0.3, 0.4) is 0 Å². The Morgan fingerprint density at radius 1 is 1.00 bits per heavy atom. The SMILES string of the molecule is COc1ccccc1N1CCN(CCCCOc2ccc(CNc3cc(C)no3)cc2)CC1. The molecule has 0 radical (unpaired) electrons. The molecule has 0 bridgehead atoms. The van der Waals surface area contributed by atoms with Gasteiger partial charge >= 0.3 is 0 Å². The summed E-state index contributed by atoms with van der Waals surface area (Å²) in [7, 11) is 1.74. The molecule has 1 saturated heterocycles. The predicted molar refractivity (Wildman–Crippen MR) is 131 cm³/mol. The summed E-state index contributed by atoms with van der Waals surface area (Å²) in [5.41, 5.74) is 3.24. The van der Waals surface area contributed by atoms with E-state index in [2.05, 4.69) is 44.5 Å². The lowest BCUT2D eigenvalue weighted by molar-refractivity contribution is 0.238. The fraction of sp³-hybridized carbons (Fsp3) is 0.423. The summed E-state index contributed by atoms with van der Waals surface area (Å²) in [6.07, 6.45) is 2.20. The number of anilines is 2. The van der Waals surface area contributed by atoms with Crippen molar-refractivity contribution in [3.63, 3.8) is 0 Å². The number of ether oxygens (including phenoxy) is 2. The molecular weight excluding hydrogens is 416 g/mol. The molecule has 0 unspecified atom stereocenters. The molecule has 1 fully saturated rings. The van der Waals surface area contributed by atoms with Crippen LogP contribution in [0.1, 0.15) is 24.1 Å². The third-order valence-electron chi connectivity index (χ3n) is 5.95. The Balaban J connectivity index is 1.09. The molecule has 7 heteroatoms. The Bertz CT molecular complexity index is 981. The largest absolute Gasteiger partial charge is 0.495 e. The van der Waals surface area contributed by atoms with Crippen molar-refractivity contribution in [2.24, 2.45) is 0 Å². The van der Waals surface area contributed by atoms with Gasteiger partial charge < -0.3 is 24.2 Å². The van der Waals surface area contributed by atoms with Gasteiger partial charge in [0.2, 0.25) is 5.88 Å². The van der Waals surface area contributed by atoms with E-state index in [0.29, 0.717) is 12.4 Å². The van der Waals surface area contributed by atoms with Crippen LogP contribution in [0.5, 0.6) is 11.5 Å². The fourth-order valence-electron chi connectivity index (χ4n) is 4.07. The normalized spacial score (nSPS) is 14.3. The molecule has 4 rings (SSSR count). The molecule has 7 nitrogen and oxygen atoms in total. The minimum absolute atomic E-state index is 0.689. The number of aryl methyl sites for hydroxylation is 1. The van der Waals surface area contributed by atoms with E-state index in [0.717, 1.165) is 69.4 Å². The molecule has 1 aliphatic rings. The number of unbranched alkanes of at least 4 members (excludes halogenated alkanes) is 1. The molecule has 0 aliphatic carbocycles. The molecule has 1 aliphatic heterocycles. The lowest BCUT2D eigenvalue weighted by Gasteiger charge is -2.36. The third-order valence-corrected chi connectivity index (χ3v) is 5.95. The first-order chi connectivity index (χ1) is 16.2. The number of nitrogens with one attached hydrogen (secondary N) is 1. The van der Waals surface area contributed by atoms with Crippen LogP contribution < -0.4 is 19.7 Å². The van der Waals surface area contributed by atoms with Gasteiger partial charge in [0.25, 0.3) is 0 Å². The molecule has 1 N–H and O–H groups in total. The molecule has 0 spiro atoms. The van der Waals surface area contributed by atoms with Gasteiger partial charge in [0.15, 0.2) is 0 Å². The van der Waals surface area contributed by atoms with Crippen LogP contribution in [-0.2, 0) is 6.54 Å². The van der Waals surface area contributed by atoms with Gasteiger partial charge in [-0.15, -0.1) is 0 Å². The second kappa shape index (κ2) is 11.6. The Kier molecular flexibility index (Phi) is 8.09. The zero-order valence-corrected chi connectivity index (χ0v) is 19.6. The Labute approximate surface area is 196 Å². The average molecular weight is 451 g/mol. The zero-order chi connectivity index (χ0) is 22.9. The van der Waals surface area contributed by atoms with Gasteiger partial charge in [-0.2, -0.15) is 0 Å². The van der Waals surface area contributed by atoms with Gasteiger partial charge in [-0.3, -0.25) is 4.90 Å². The summed E-state index contributed by atoms with van der Waals surface area (Å²) >= 11 is 0. The molecule has 2 aromatic carbocycles. The first kappa shape index (κ1) is 23.0. The molecule has 0 atom stereocenters. The summed E-state index contributed by atoms with van der Waals surface area (Å²) in [5, 5.41) is 7.10. The molecule has 1 aromatic heterocycles. The summed E-state index contributed by atoms with van der Waals surface area (Å²) in [6, 6.07) is 18.4. The number of aromatic nitrogens is 1. The van der Waals surface area contributed by atoms with Crippen LogP contribution >= 0.6 is 0 Å². The van der Waals surface area contributed by atoms with Crippen molar-refractivity contribution >= 4 is 11.6 Å². The molecular formula is C26H34N4O3. The van der Waals surface area contributed by atoms with Gasteiger partial charge in [-0.1, -0.05) is 29.4 Å². The van der Waals surface area contributed by atoms with Gasteiger partial charge in [-0.25, -0.2) is 0 Å². The lowest BCUT2D eigenvalue weighted by atomic mass is 10.2. The van der Waals surface area contributed by atoms with E-state index in [-0.39, 0.29) is 0 Å². The van der Waals surface area contributed by atoms with Crippen LogP contribution in [0, 0.1) is 6.92 Å². The predicted octanol–water partition coefficient (Wildman–Crippen LogP) is 4.58. The zero-order valence-electron chi connectivity index (χ0n) is 19.6. The number of benzene rings is 2. The van der Waals surface area contributed by atoms with Crippen LogP contribution in [0.2, 0.25) is 0 Å². The maximum atomic E-state index is 5.93. The monoisotopic (exact) mass is 450 g/mol. The molecule has 0 amide bonds. The number of nitrogens with zero attached hydrogens (tertiary/aromatic N) is 3. The maximum Gasteiger partial charge on any atom is 0.225 e. The van der Waals surface area contributed by atoms with E-state index < -0.39 is 0 Å². The van der Waals surface area contributed by atoms with Crippen LogP contribution in [0.4, 0.5) is 11.6 Å². The molecule has 0 saturated carbocycles. The summed E-state index contributed by atoms with van der Waals surface area (Å²) in [4.78, 5) is 4.97. The Morgan fingerprint density at radius 3 is 2.52 bits per heavy atom. The van der Waals surface area contributed by atoms with Gasteiger partial charge in [-0.05, 0) is 56.1 Å². The summed E-state index contributed by atoms with van der Waals surface area (Å²) < 4.78 is 16.6. The maximum absolute atomic E-state index is 5.93. The first-order valence-electron chi connectivity index (χ1n) is 11.7. The molecule has 33 heavy (non-hydrogen) atoms. The topological polar surface area (TPSA) is 63.0 Å². The second-order valence-electron chi connectivity index (χ2n) is 8.39. The van der Waals surface area contributed by atoms with Crippen molar-refractivity contribution < 1.29 is 14.0 Å². The van der Waals surface area contributed by atoms with Gasteiger partial charge in [0, 0.05) is 38.8 Å². The average Bonchev–Trinajstić information content (AvgIpc) is 3.28. The second-order valence-corrected chi connectivity index (χ2v) is 8.39. The summed E-state index contributed by atoms with van der Waals surface area (Å²) in [6.45, 7) is 8.71. The minimum atomic E-state index is 0.689. The van der Waals surface area contributed by atoms with Gasteiger partial charge in [0.05, 0.1) is 25.1 Å². The molecule has 3 aromatic rings. The number of methoxy groups -OCH3 is 1. The highest BCUT2D eigenvalue weighted by Crippen LogP contribution is 2.28. The Hall–Kier alpha value is -3.19. The van der Waals surface area contributed by atoms with E-state index in [1.54, 1.807) is 7.11 Å². The van der Waals surface area contributed by atoms with Crippen molar-refractivity contribution in [2.45, 2.75) is 26.3 Å². The number of para-hydroxylation sites is 2. The third kappa shape index (κ3) is 6.65. The standard InChI is InChI=1S/C26H34N4O3/c1-21-19-26(33-28-21)27-20-22-9-11-23(12-10-22)32-18-6-5-13-29-14-16-30(17-15-29)24-7-3-4-8-25(24)31-2/h3-4,7-12,19,27H,5-6,13-18,20H2,1-2H3. The van der Waals surface area contributed by atoms with Crippen molar-refractivity contribution in [1.82, 2.24) is 10.1 Å². The van der Waals surface area contributed by atoms with Crippen LogP contribution in [0.25, 0.3) is 0 Å². The van der Waals surface area contributed by atoms with Crippen LogP contribution in [-0.4, -0.2) is 56.5 Å². The summed E-state index contributed by atoms with van der Waals surface area (Å²) in [5.74, 6) is 2.56. The van der Waals surface area contributed by atoms with Crippen LogP contribution in [0.15, 0.2) is 59.1 Å². The highest BCUT2D eigenvalue weighted by molar-refractivity contribution is 5.58. The minimum Gasteiger partial charge on any atom is -0.495 e. The number of rotatable bonds is 11. The fourth-order valence-corrected chi connectivity index (χ4v) is 4.07. The van der Waals surface area contributed by atoms with Crippen molar-refractivity contribution in [3.05, 3.63) is 65.9 Å². The number of piperazine rings is 1. The highest BCUT2D eigenvalue weighted by atomic mass is 16.5. The quantitative estimate of drug-likeness (QED) is 0.429.